The smallest absolute Gasteiger partial charge is 0.341 e. The largest absolute Gasteiger partial charge is 0.456 e. The van der Waals surface area contributed by atoms with Crippen molar-refractivity contribution in [1.29, 1.82) is 0 Å². The maximum atomic E-state index is 12.2. The summed E-state index contributed by atoms with van der Waals surface area (Å²) in [5.74, 6) is 0.0244. The lowest BCUT2D eigenvalue weighted by Crippen LogP contribution is -2.24. The molecule has 0 fully saturated rings. The summed E-state index contributed by atoms with van der Waals surface area (Å²) in [5.41, 5.74) is 5.91. The molecule has 1 rings (SSSR count). The number of carbonyl (C=O) groups is 1. The molecule has 0 saturated heterocycles. The molecule has 0 saturated carbocycles. The predicted molar refractivity (Wildman–Crippen MR) is 97.3 cm³/mol. The molecule has 1 atom stereocenters. The second-order valence-electron chi connectivity index (χ2n) is 7.69. The zero-order valence-electron chi connectivity index (χ0n) is 15.5. The second kappa shape index (κ2) is 7.67. The Bertz CT molecular complexity index is 529. The molecule has 0 aliphatic rings. The molecule has 132 valence electrons. The minimum absolute atomic E-state index is 0.0874. The minimum Gasteiger partial charge on any atom is -0.456 e. The van der Waals surface area contributed by atoms with Gasteiger partial charge in [0, 0.05) is 12.0 Å². The maximum absolute atomic E-state index is 12.2. The maximum Gasteiger partial charge on any atom is 0.341 e. The molecule has 0 bridgehead atoms. The van der Waals surface area contributed by atoms with E-state index >= 15 is 0 Å². The Labute approximate surface area is 144 Å². The third-order valence-electron chi connectivity index (χ3n) is 3.85. The normalized spacial score (nSPS) is 13.9. The average Bonchev–Trinajstić information content (AvgIpc) is 2.79. The summed E-state index contributed by atoms with van der Waals surface area (Å²) in [7, 11) is 1.75. The van der Waals surface area contributed by atoms with E-state index in [1.165, 1.54) is 11.3 Å². The highest BCUT2D eigenvalue weighted by molar-refractivity contribution is 7.16. The fraction of sp³-hybridized carbons (Fsp3) is 0.722. The number of carbonyl (C=O) groups excluding carboxylic acids is 1. The van der Waals surface area contributed by atoms with Crippen LogP contribution in [-0.2, 0) is 9.47 Å². The van der Waals surface area contributed by atoms with E-state index in [1.807, 2.05) is 26.8 Å². The molecule has 1 aromatic heterocycles. The molecule has 1 aromatic rings. The molecule has 1 unspecified atom stereocenters. The van der Waals surface area contributed by atoms with Gasteiger partial charge >= 0.3 is 5.97 Å². The van der Waals surface area contributed by atoms with Crippen LogP contribution in [-0.4, -0.2) is 24.3 Å². The van der Waals surface area contributed by atoms with Gasteiger partial charge in [-0.25, -0.2) is 4.79 Å². The number of ether oxygens (including phenoxy) is 2. The van der Waals surface area contributed by atoms with Gasteiger partial charge in [-0.1, -0.05) is 6.92 Å². The topological polar surface area (TPSA) is 61.5 Å². The van der Waals surface area contributed by atoms with Gasteiger partial charge in [-0.3, -0.25) is 0 Å². The summed E-state index contributed by atoms with van der Waals surface area (Å²) in [6.07, 6.45) is 3.12. The van der Waals surface area contributed by atoms with Crippen LogP contribution in [0.4, 0.5) is 5.00 Å². The Balaban J connectivity index is 2.68. The van der Waals surface area contributed by atoms with E-state index in [4.69, 9.17) is 15.2 Å². The van der Waals surface area contributed by atoms with Crippen molar-refractivity contribution < 1.29 is 14.3 Å². The molecular formula is C18H31NO3S. The van der Waals surface area contributed by atoms with Crippen molar-refractivity contribution in [3.8, 4) is 0 Å². The van der Waals surface area contributed by atoms with E-state index in [1.54, 1.807) is 7.11 Å². The predicted octanol–water partition coefficient (Wildman–Crippen LogP) is 4.98. The summed E-state index contributed by atoms with van der Waals surface area (Å²) in [6.45, 7) is 11.9. The number of thiophene rings is 1. The average molecular weight is 342 g/mol. The fourth-order valence-electron chi connectivity index (χ4n) is 2.24. The Morgan fingerprint density at radius 2 is 1.91 bits per heavy atom. The van der Waals surface area contributed by atoms with Gasteiger partial charge in [-0.15, -0.1) is 11.3 Å². The van der Waals surface area contributed by atoms with Gasteiger partial charge in [0.05, 0.1) is 11.2 Å². The van der Waals surface area contributed by atoms with E-state index in [9.17, 15) is 4.79 Å². The molecule has 1 heterocycles. The van der Waals surface area contributed by atoms with Crippen LogP contribution in [0.15, 0.2) is 6.07 Å². The number of nitrogen functional groups attached to an aromatic ring is 1. The van der Waals surface area contributed by atoms with Crippen LogP contribution in [0.2, 0.25) is 0 Å². The van der Waals surface area contributed by atoms with Crippen molar-refractivity contribution in [3.05, 3.63) is 16.5 Å². The monoisotopic (exact) mass is 341 g/mol. The highest BCUT2D eigenvalue weighted by atomic mass is 32.1. The van der Waals surface area contributed by atoms with Crippen LogP contribution in [0.5, 0.6) is 0 Å². The summed E-state index contributed by atoms with van der Waals surface area (Å²) in [4.78, 5) is 13.3. The van der Waals surface area contributed by atoms with Crippen molar-refractivity contribution in [2.24, 2.45) is 0 Å². The van der Waals surface area contributed by atoms with Gasteiger partial charge < -0.3 is 15.2 Å². The number of anilines is 1. The van der Waals surface area contributed by atoms with E-state index in [0.717, 1.165) is 24.1 Å². The highest BCUT2D eigenvalue weighted by Crippen LogP contribution is 2.34. The van der Waals surface area contributed by atoms with E-state index in [2.05, 4.69) is 20.8 Å². The first-order valence-electron chi connectivity index (χ1n) is 8.13. The van der Waals surface area contributed by atoms with Crippen LogP contribution in [0, 0.1) is 0 Å². The van der Waals surface area contributed by atoms with Crippen molar-refractivity contribution in [1.82, 2.24) is 0 Å². The lowest BCUT2D eigenvalue weighted by molar-refractivity contribution is 0.00709. The van der Waals surface area contributed by atoms with Crippen LogP contribution in [0.3, 0.4) is 0 Å². The summed E-state index contributed by atoms with van der Waals surface area (Å²) >= 11 is 1.49. The number of esters is 1. The lowest BCUT2D eigenvalue weighted by Gasteiger charge is -2.23. The molecule has 2 N–H and O–H groups in total. The van der Waals surface area contributed by atoms with Crippen molar-refractivity contribution in [3.63, 3.8) is 0 Å². The molecule has 4 nitrogen and oxygen atoms in total. The Morgan fingerprint density at radius 1 is 1.30 bits per heavy atom. The summed E-state index contributed by atoms with van der Waals surface area (Å²) in [6, 6.07) is 1.89. The van der Waals surface area contributed by atoms with Crippen LogP contribution >= 0.6 is 11.3 Å². The van der Waals surface area contributed by atoms with Gasteiger partial charge in [-0.05, 0) is 65.9 Å². The number of methoxy groups -OCH3 is 1. The lowest BCUT2D eigenvalue weighted by atomic mass is 9.95. The Morgan fingerprint density at radius 3 is 2.43 bits per heavy atom. The molecule has 0 radical (unpaired) electrons. The number of hydrogen-bond donors (Lipinski definition) is 1. The molecule has 0 aromatic carbocycles. The van der Waals surface area contributed by atoms with E-state index < -0.39 is 5.60 Å². The quantitative estimate of drug-likeness (QED) is 0.710. The molecule has 0 aliphatic carbocycles. The van der Waals surface area contributed by atoms with Crippen LogP contribution in [0.1, 0.15) is 82.0 Å². The minimum atomic E-state index is -0.511. The van der Waals surface area contributed by atoms with Gasteiger partial charge in [0.1, 0.15) is 10.6 Å². The second-order valence-corrected chi connectivity index (χ2v) is 8.80. The zero-order valence-corrected chi connectivity index (χ0v) is 16.3. The van der Waals surface area contributed by atoms with E-state index in [0.29, 0.717) is 16.5 Å². The summed E-state index contributed by atoms with van der Waals surface area (Å²) < 4.78 is 10.9. The zero-order chi connectivity index (χ0) is 17.8. The molecular weight excluding hydrogens is 310 g/mol. The van der Waals surface area contributed by atoms with Gasteiger partial charge in [0.2, 0.25) is 0 Å². The van der Waals surface area contributed by atoms with Crippen LogP contribution < -0.4 is 5.73 Å². The van der Waals surface area contributed by atoms with Crippen molar-refractivity contribution in [2.45, 2.75) is 77.9 Å². The fourth-order valence-corrected chi connectivity index (χ4v) is 3.24. The molecule has 23 heavy (non-hydrogen) atoms. The van der Waals surface area contributed by atoms with Gasteiger partial charge in [-0.2, -0.15) is 0 Å². The van der Waals surface area contributed by atoms with Gasteiger partial charge in [0.15, 0.2) is 0 Å². The molecule has 5 heteroatoms. The van der Waals surface area contributed by atoms with Crippen molar-refractivity contribution in [2.75, 3.05) is 12.8 Å². The number of hydrogen-bond acceptors (Lipinski definition) is 5. The highest BCUT2D eigenvalue weighted by Gasteiger charge is 2.23. The van der Waals surface area contributed by atoms with Crippen LogP contribution in [0.25, 0.3) is 0 Å². The summed E-state index contributed by atoms with van der Waals surface area (Å²) in [5, 5.41) is 0.540. The SMILES string of the molecule is COC(C)(C)CCCC(C)c1cc(C(=O)OC(C)(C)C)c(N)s1. The van der Waals surface area contributed by atoms with E-state index in [-0.39, 0.29) is 11.6 Å². The number of nitrogens with two attached hydrogens (primary N) is 1. The molecule has 0 spiro atoms. The van der Waals surface area contributed by atoms with Crippen molar-refractivity contribution >= 4 is 22.3 Å². The Kier molecular flexibility index (Phi) is 6.66. The third-order valence-corrected chi connectivity index (χ3v) is 5.05. The molecule has 0 aliphatic heterocycles. The third kappa shape index (κ3) is 6.51. The molecule has 0 amide bonds. The first-order chi connectivity index (χ1) is 10.4. The number of rotatable bonds is 7. The van der Waals surface area contributed by atoms with Gasteiger partial charge in [0.25, 0.3) is 0 Å². The Hall–Kier alpha value is -1.07. The first kappa shape index (κ1) is 20.0. The standard InChI is InChI=1S/C18H31NO3S/c1-12(9-8-10-18(5,6)21-7)14-11-13(15(19)23-14)16(20)22-17(2,3)4/h11-12H,8-10,19H2,1-7H3. The first-order valence-corrected chi connectivity index (χ1v) is 8.94.